The van der Waals surface area contributed by atoms with E-state index in [1.54, 1.807) is 23.6 Å². The van der Waals surface area contributed by atoms with E-state index in [-0.39, 0.29) is 23.3 Å². The Morgan fingerprint density at radius 3 is 2.55 bits per heavy atom. The van der Waals surface area contributed by atoms with Crippen LogP contribution in [0.5, 0.6) is 0 Å². The van der Waals surface area contributed by atoms with Crippen molar-refractivity contribution in [2.24, 2.45) is 0 Å². The molecule has 5 nitrogen and oxygen atoms in total. The normalized spacial score (nSPS) is 13.5. The number of rotatable bonds is 4. The third-order valence-electron chi connectivity index (χ3n) is 4.96. The lowest BCUT2D eigenvalue weighted by Crippen LogP contribution is -2.29. The first kappa shape index (κ1) is 19.3. The van der Waals surface area contributed by atoms with E-state index in [1.807, 2.05) is 24.0 Å². The predicted octanol–water partition coefficient (Wildman–Crippen LogP) is 4.75. The summed E-state index contributed by atoms with van der Waals surface area (Å²) in [6.07, 6.45) is 2.01. The Kier molecular flexibility index (Phi) is 5.40. The molecule has 0 aliphatic carbocycles. The largest absolute Gasteiger partial charge is 0.339 e. The van der Waals surface area contributed by atoms with Crippen molar-refractivity contribution in [2.75, 3.05) is 18.4 Å². The number of para-hydroxylation sites is 1. The minimum absolute atomic E-state index is 0.0632. The molecule has 1 aromatic heterocycles. The van der Waals surface area contributed by atoms with E-state index in [9.17, 15) is 14.0 Å². The molecule has 1 aliphatic rings. The van der Waals surface area contributed by atoms with Gasteiger partial charge in [0.2, 0.25) is 0 Å². The van der Waals surface area contributed by atoms with E-state index in [4.69, 9.17) is 0 Å². The third kappa shape index (κ3) is 4.05. The third-order valence-corrected chi connectivity index (χ3v) is 5.85. The first-order valence-electron chi connectivity index (χ1n) is 9.44. The van der Waals surface area contributed by atoms with Gasteiger partial charge in [-0.05, 0) is 55.7 Å². The molecule has 0 radical (unpaired) electrons. The molecule has 1 N–H and O–H groups in total. The molecule has 2 amide bonds. The molecule has 0 bridgehead atoms. The molecule has 0 unspecified atom stereocenters. The second-order valence-electron chi connectivity index (χ2n) is 7.00. The number of hydrogen-bond donors (Lipinski definition) is 1. The monoisotopic (exact) mass is 409 g/mol. The number of likely N-dealkylation sites (tertiary alicyclic amines) is 1. The van der Waals surface area contributed by atoms with Gasteiger partial charge in [0.15, 0.2) is 0 Å². The van der Waals surface area contributed by atoms with Crippen LogP contribution in [-0.2, 0) is 0 Å². The molecule has 1 saturated heterocycles. The van der Waals surface area contributed by atoms with Crippen LogP contribution in [0.1, 0.15) is 39.3 Å². The van der Waals surface area contributed by atoms with Crippen molar-refractivity contribution in [3.63, 3.8) is 0 Å². The first-order valence-corrected chi connectivity index (χ1v) is 10.3. The fraction of sp³-hybridized carbons (Fsp3) is 0.227. The number of amides is 2. The SMILES string of the molecule is Cc1cccc(C(=O)N2CCCC2)c1NC(=O)c1csc(-c2ccc(F)cc2)n1. The van der Waals surface area contributed by atoms with Gasteiger partial charge in [0.1, 0.15) is 16.5 Å². The summed E-state index contributed by atoms with van der Waals surface area (Å²) in [5.74, 6) is -0.760. The fourth-order valence-electron chi connectivity index (χ4n) is 3.38. The van der Waals surface area contributed by atoms with Gasteiger partial charge < -0.3 is 10.2 Å². The second kappa shape index (κ2) is 8.13. The molecule has 0 spiro atoms. The van der Waals surface area contributed by atoms with Crippen LogP contribution in [0.25, 0.3) is 10.6 Å². The summed E-state index contributed by atoms with van der Waals surface area (Å²) < 4.78 is 13.1. The highest BCUT2D eigenvalue weighted by molar-refractivity contribution is 7.13. The number of nitrogens with one attached hydrogen (secondary N) is 1. The van der Waals surface area contributed by atoms with E-state index in [0.29, 0.717) is 16.3 Å². The van der Waals surface area contributed by atoms with Gasteiger partial charge in [-0.2, -0.15) is 0 Å². The summed E-state index contributed by atoms with van der Waals surface area (Å²) in [7, 11) is 0. The summed E-state index contributed by atoms with van der Waals surface area (Å²) >= 11 is 1.31. The minimum Gasteiger partial charge on any atom is -0.339 e. The molecule has 0 atom stereocenters. The topological polar surface area (TPSA) is 62.3 Å². The van der Waals surface area contributed by atoms with Crippen molar-refractivity contribution in [2.45, 2.75) is 19.8 Å². The summed E-state index contributed by atoms with van der Waals surface area (Å²) in [4.78, 5) is 31.9. The zero-order valence-corrected chi connectivity index (χ0v) is 16.8. The van der Waals surface area contributed by atoms with Gasteiger partial charge in [0.05, 0.1) is 11.3 Å². The number of hydrogen-bond acceptors (Lipinski definition) is 4. The Morgan fingerprint density at radius 1 is 1.10 bits per heavy atom. The van der Waals surface area contributed by atoms with Crippen molar-refractivity contribution in [1.82, 2.24) is 9.88 Å². The van der Waals surface area contributed by atoms with E-state index in [1.165, 1.54) is 23.5 Å². The average molecular weight is 409 g/mol. The molecular weight excluding hydrogens is 389 g/mol. The zero-order chi connectivity index (χ0) is 20.4. The number of halogens is 1. The summed E-state index contributed by atoms with van der Waals surface area (Å²) in [5, 5.41) is 5.16. The Labute approximate surface area is 172 Å². The smallest absolute Gasteiger partial charge is 0.275 e. The molecule has 0 saturated carbocycles. The summed E-state index contributed by atoms with van der Waals surface area (Å²) in [6.45, 7) is 3.35. The molecule has 4 rings (SSSR count). The maximum absolute atomic E-state index is 13.1. The molecule has 2 heterocycles. The standard InChI is InChI=1S/C22H20FN3O2S/c1-14-5-4-6-17(22(28)26-11-2-3-12-26)19(14)25-20(27)18-13-29-21(24-18)15-7-9-16(23)10-8-15/h4-10,13H,2-3,11-12H2,1H3,(H,25,27). The quantitative estimate of drug-likeness (QED) is 0.677. The van der Waals surface area contributed by atoms with E-state index in [0.717, 1.165) is 37.1 Å². The van der Waals surface area contributed by atoms with Gasteiger partial charge in [-0.1, -0.05) is 12.1 Å². The van der Waals surface area contributed by atoms with E-state index in [2.05, 4.69) is 10.3 Å². The number of benzene rings is 2. The second-order valence-corrected chi connectivity index (χ2v) is 7.85. The van der Waals surface area contributed by atoms with Gasteiger partial charge in [0, 0.05) is 24.0 Å². The van der Waals surface area contributed by atoms with Crippen LogP contribution in [0.2, 0.25) is 0 Å². The van der Waals surface area contributed by atoms with Gasteiger partial charge in [0.25, 0.3) is 11.8 Å². The Morgan fingerprint density at radius 2 is 1.83 bits per heavy atom. The van der Waals surface area contributed by atoms with Crippen molar-refractivity contribution in [1.29, 1.82) is 0 Å². The van der Waals surface area contributed by atoms with Crippen LogP contribution < -0.4 is 5.32 Å². The number of aryl methyl sites for hydroxylation is 1. The highest BCUT2D eigenvalue weighted by Crippen LogP contribution is 2.27. The number of nitrogens with zero attached hydrogens (tertiary/aromatic N) is 2. The van der Waals surface area contributed by atoms with Crippen LogP contribution in [0.15, 0.2) is 47.8 Å². The molecule has 7 heteroatoms. The Balaban J connectivity index is 1.57. The lowest BCUT2D eigenvalue weighted by atomic mass is 10.1. The maximum Gasteiger partial charge on any atom is 0.275 e. The van der Waals surface area contributed by atoms with Crippen molar-refractivity contribution < 1.29 is 14.0 Å². The molecule has 2 aromatic carbocycles. The van der Waals surface area contributed by atoms with E-state index >= 15 is 0 Å². The van der Waals surface area contributed by atoms with Crippen LogP contribution in [0, 0.1) is 12.7 Å². The lowest BCUT2D eigenvalue weighted by Gasteiger charge is -2.19. The Bertz CT molecular complexity index is 1060. The number of carbonyl (C=O) groups excluding carboxylic acids is 2. The fourth-order valence-corrected chi connectivity index (χ4v) is 4.19. The Hall–Kier alpha value is -3.06. The summed E-state index contributed by atoms with van der Waals surface area (Å²) in [6, 6.07) is 11.4. The molecule has 29 heavy (non-hydrogen) atoms. The lowest BCUT2D eigenvalue weighted by molar-refractivity contribution is 0.0793. The van der Waals surface area contributed by atoms with Crippen LogP contribution >= 0.6 is 11.3 Å². The first-order chi connectivity index (χ1) is 14.0. The van der Waals surface area contributed by atoms with Gasteiger partial charge >= 0.3 is 0 Å². The van der Waals surface area contributed by atoms with Gasteiger partial charge in [-0.25, -0.2) is 9.37 Å². The van der Waals surface area contributed by atoms with Crippen molar-refractivity contribution in [3.8, 4) is 10.6 Å². The maximum atomic E-state index is 13.1. The van der Waals surface area contributed by atoms with E-state index < -0.39 is 0 Å². The van der Waals surface area contributed by atoms with Crippen LogP contribution in [-0.4, -0.2) is 34.8 Å². The predicted molar refractivity (Wildman–Crippen MR) is 112 cm³/mol. The number of thiazole rings is 1. The highest BCUT2D eigenvalue weighted by atomic mass is 32.1. The number of anilines is 1. The van der Waals surface area contributed by atoms with Crippen molar-refractivity contribution >= 4 is 28.8 Å². The molecule has 3 aromatic rings. The molecule has 1 aliphatic heterocycles. The number of aromatic nitrogens is 1. The minimum atomic E-state index is -0.376. The molecule has 1 fully saturated rings. The molecular formula is C22H20FN3O2S. The van der Waals surface area contributed by atoms with Crippen LogP contribution in [0.4, 0.5) is 10.1 Å². The van der Waals surface area contributed by atoms with Crippen molar-refractivity contribution in [3.05, 3.63) is 70.5 Å². The molecule has 148 valence electrons. The zero-order valence-electron chi connectivity index (χ0n) is 15.9. The van der Waals surface area contributed by atoms with Crippen LogP contribution in [0.3, 0.4) is 0 Å². The highest BCUT2D eigenvalue weighted by Gasteiger charge is 2.24. The summed E-state index contributed by atoms with van der Waals surface area (Å²) in [5.41, 5.74) is 2.84. The van der Waals surface area contributed by atoms with Gasteiger partial charge in [-0.3, -0.25) is 9.59 Å². The van der Waals surface area contributed by atoms with Gasteiger partial charge in [-0.15, -0.1) is 11.3 Å². The average Bonchev–Trinajstić information content (AvgIpc) is 3.42. The number of carbonyl (C=O) groups is 2.